The molecule has 2 aromatic rings. The van der Waals surface area contributed by atoms with Crippen LogP contribution in [0.4, 0.5) is 10.8 Å². The third-order valence-electron chi connectivity index (χ3n) is 4.28. The molecule has 3 rings (SSSR count). The summed E-state index contributed by atoms with van der Waals surface area (Å²) in [5.41, 5.74) is 0.873. The summed E-state index contributed by atoms with van der Waals surface area (Å²) in [6.07, 6.45) is -0.144. The Bertz CT molecular complexity index is 820. The van der Waals surface area contributed by atoms with Gasteiger partial charge in [0.25, 0.3) is 0 Å². The molecule has 0 spiro atoms. The molecule has 0 amide bonds. The monoisotopic (exact) mass is 397 g/mol. The lowest BCUT2D eigenvalue weighted by atomic mass is 10.2. The van der Waals surface area contributed by atoms with Crippen LogP contribution in [-0.4, -0.2) is 53.8 Å². The highest BCUT2D eigenvalue weighted by molar-refractivity contribution is 7.73. The molecule has 3 N–H and O–H groups in total. The number of benzene rings is 1. The van der Waals surface area contributed by atoms with Gasteiger partial charge >= 0.3 is 5.97 Å². The molecule has 1 aromatic carbocycles. The Hall–Kier alpha value is -2.01. The fraction of sp³-hybridized carbons (Fsp3) is 0.438. The van der Waals surface area contributed by atoms with E-state index < -0.39 is 12.1 Å². The number of esters is 1. The zero-order valence-electron chi connectivity index (χ0n) is 14.5. The van der Waals surface area contributed by atoms with E-state index in [1.54, 1.807) is 11.8 Å². The van der Waals surface area contributed by atoms with Gasteiger partial charge in [0.1, 0.15) is 18.4 Å². The molecule has 1 unspecified atom stereocenters. The molecule has 1 fully saturated rings. The van der Waals surface area contributed by atoms with E-state index in [0.717, 1.165) is 16.3 Å². The molecule has 1 saturated heterocycles. The van der Waals surface area contributed by atoms with Gasteiger partial charge in [0.2, 0.25) is 5.13 Å². The quantitative estimate of drug-likeness (QED) is 0.485. The van der Waals surface area contributed by atoms with Crippen molar-refractivity contribution in [2.24, 2.45) is 0 Å². The average molecular weight is 398 g/mol. The second-order valence-electron chi connectivity index (χ2n) is 6.01. The molecule has 10 heteroatoms. The number of carbonyl (C=O) groups is 1. The first-order chi connectivity index (χ1) is 12.5. The number of aromatic nitrogens is 2. The second kappa shape index (κ2) is 8.12. The van der Waals surface area contributed by atoms with Gasteiger partial charge in [-0.15, -0.1) is 5.10 Å². The van der Waals surface area contributed by atoms with Gasteiger partial charge < -0.3 is 24.8 Å². The molecule has 8 nitrogen and oxygen atoms in total. The summed E-state index contributed by atoms with van der Waals surface area (Å²) in [5.74, 6) is 0.452. The molecule has 1 aliphatic heterocycles. The number of quaternary nitrogens is 1. The Balaban J connectivity index is 1.71. The third kappa shape index (κ3) is 4.21. The van der Waals surface area contributed by atoms with Crippen molar-refractivity contribution in [1.82, 2.24) is 9.78 Å². The first-order valence-electron chi connectivity index (χ1n) is 8.09. The number of aliphatic hydroxyl groups is 1. The minimum atomic E-state index is -0.529. The molecule has 140 valence electrons. The number of hydrogen-bond acceptors (Lipinski definition) is 8. The SMILES string of the molecule is COC(=O)[C@@H]1C[C@H](O)C[NH+]1Cn1nc(Nc2ccc(OC)cc2)sc1=S. The summed E-state index contributed by atoms with van der Waals surface area (Å²) in [7, 11) is 2.98. The lowest BCUT2D eigenvalue weighted by molar-refractivity contribution is -0.928. The van der Waals surface area contributed by atoms with Crippen LogP contribution in [-0.2, 0) is 16.2 Å². The van der Waals surface area contributed by atoms with Gasteiger partial charge in [0, 0.05) is 12.1 Å². The maximum absolute atomic E-state index is 11.9. The molecule has 0 bridgehead atoms. The van der Waals surface area contributed by atoms with Gasteiger partial charge in [-0.2, -0.15) is 4.68 Å². The number of ether oxygens (including phenoxy) is 2. The normalized spacial score (nSPS) is 22.2. The Kier molecular flexibility index (Phi) is 5.87. The molecule has 1 aromatic heterocycles. The van der Waals surface area contributed by atoms with Gasteiger partial charge in [-0.1, -0.05) is 11.3 Å². The standard InChI is InChI=1S/C16H20N4O4S2/c1-23-12-5-3-10(4-6-12)17-15-18-20(16(25)26-15)9-19-8-11(21)7-13(19)14(22)24-2/h3-6,11,13,21H,7-9H2,1-2H3,(H,17,18)/p+1/t11-,13-/m0/s1. The summed E-state index contributed by atoms with van der Waals surface area (Å²) in [6.45, 7) is 0.858. The van der Waals surface area contributed by atoms with E-state index in [2.05, 4.69) is 10.4 Å². The highest BCUT2D eigenvalue weighted by Gasteiger charge is 2.41. The molecule has 1 aliphatic rings. The summed E-state index contributed by atoms with van der Waals surface area (Å²) >= 11 is 6.74. The topological polar surface area (TPSA) is 90.0 Å². The third-order valence-corrected chi connectivity index (χ3v) is 5.51. The Morgan fingerprint density at radius 2 is 2.19 bits per heavy atom. The molecule has 26 heavy (non-hydrogen) atoms. The largest absolute Gasteiger partial charge is 0.497 e. The maximum atomic E-state index is 11.9. The second-order valence-corrected chi connectivity index (χ2v) is 7.63. The smallest absolute Gasteiger partial charge is 0.364 e. The van der Waals surface area contributed by atoms with Crippen LogP contribution >= 0.6 is 23.6 Å². The number of methoxy groups -OCH3 is 2. The van der Waals surface area contributed by atoms with Gasteiger partial charge in [-0.05, 0) is 36.5 Å². The highest BCUT2D eigenvalue weighted by atomic mass is 32.1. The van der Waals surface area contributed by atoms with Crippen LogP contribution in [0.5, 0.6) is 5.75 Å². The summed E-state index contributed by atoms with van der Waals surface area (Å²) in [5, 5.41) is 18.3. The van der Waals surface area contributed by atoms with Crippen LogP contribution < -0.4 is 15.0 Å². The van der Waals surface area contributed by atoms with Gasteiger partial charge in [-0.25, -0.2) is 4.79 Å². The molecule has 0 radical (unpaired) electrons. The molecule has 0 saturated carbocycles. The molecular formula is C16H21N4O4S2+. The molecular weight excluding hydrogens is 376 g/mol. The fourth-order valence-corrected chi connectivity index (χ4v) is 4.02. The number of hydrogen-bond donors (Lipinski definition) is 3. The van der Waals surface area contributed by atoms with E-state index in [0.29, 0.717) is 28.7 Å². The number of carbonyl (C=O) groups excluding carboxylic acids is 1. The predicted octanol–water partition coefficient (Wildman–Crippen LogP) is 0.575. The summed E-state index contributed by atoms with van der Waals surface area (Å²) in [4.78, 5) is 12.8. The Labute approximate surface area is 160 Å². The Morgan fingerprint density at radius 3 is 2.85 bits per heavy atom. The minimum absolute atomic E-state index is 0.324. The van der Waals surface area contributed by atoms with E-state index in [9.17, 15) is 9.90 Å². The van der Waals surface area contributed by atoms with Crippen LogP contribution in [0, 0.1) is 3.95 Å². The predicted molar refractivity (Wildman–Crippen MR) is 99.5 cm³/mol. The zero-order chi connectivity index (χ0) is 18.7. The van der Waals surface area contributed by atoms with Gasteiger partial charge in [-0.3, -0.25) is 0 Å². The van der Waals surface area contributed by atoms with Crippen molar-refractivity contribution >= 4 is 40.3 Å². The highest BCUT2D eigenvalue weighted by Crippen LogP contribution is 2.22. The number of nitrogens with zero attached hydrogens (tertiary/aromatic N) is 2. The first-order valence-corrected chi connectivity index (χ1v) is 9.32. The minimum Gasteiger partial charge on any atom is -0.497 e. The summed E-state index contributed by atoms with van der Waals surface area (Å²) in [6, 6.07) is 7.09. The molecule has 2 heterocycles. The number of likely N-dealkylation sites (tertiary alicyclic amines) is 1. The molecule has 3 atom stereocenters. The lowest BCUT2D eigenvalue weighted by Gasteiger charge is -2.18. The van der Waals surface area contributed by atoms with Crippen molar-refractivity contribution in [2.75, 3.05) is 26.1 Å². The van der Waals surface area contributed by atoms with Crippen LogP contribution in [0.15, 0.2) is 24.3 Å². The van der Waals surface area contributed by atoms with Crippen LogP contribution in [0.1, 0.15) is 6.42 Å². The van der Waals surface area contributed by atoms with Crippen molar-refractivity contribution in [1.29, 1.82) is 0 Å². The van der Waals surface area contributed by atoms with Crippen LogP contribution in [0.25, 0.3) is 0 Å². The van der Waals surface area contributed by atoms with E-state index in [1.807, 2.05) is 24.3 Å². The van der Waals surface area contributed by atoms with Gasteiger partial charge in [0.05, 0.1) is 14.2 Å². The van der Waals surface area contributed by atoms with Crippen molar-refractivity contribution in [3.63, 3.8) is 0 Å². The van der Waals surface area contributed by atoms with Crippen molar-refractivity contribution < 1.29 is 24.3 Å². The number of aliphatic hydroxyl groups excluding tert-OH is 1. The van der Waals surface area contributed by atoms with Crippen molar-refractivity contribution in [3.05, 3.63) is 28.2 Å². The average Bonchev–Trinajstić information content (AvgIpc) is 3.17. The number of nitrogens with one attached hydrogen (secondary N) is 2. The number of anilines is 2. The molecule has 0 aliphatic carbocycles. The van der Waals surface area contributed by atoms with Crippen molar-refractivity contribution in [3.8, 4) is 5.75 Å². The van der Waals surface area contributed by atoms with Crippen LogP contribution in [0.2, 0.25) is 0 Å². The van der Waals surface area contributed by atoms with Crippen molar-refractivity contribution in [2.45, 2.75) is 25.2 Å². The summed E-state index contributed by atoms with van der Waals surface area (Å²) < 4.78 is 12.3. The zero-order valence-corrected chi connectivity index (χ0v) is 16.1. The fourth-order valence-electron chi connectivity index (χ4n) is 2.99. The Morgan fingerprint density at radius 1 is 1.46 bits per heavy atom. The van der Waals surface area contributed by atoms with E-state index >= 15 is 0 Å². The number of rotatable bonds is 6. The van der Waals surface area contributed by atoms with E-state index in [1.165, 1.54) is 18.4 Å². The lowest BCUT2D eigenvalue weighted by Crippen LogP contribution is -3.14. The van der Waals surface area contributed by atoms with Crippen LogP contribution in [0.3, 0.4) is 0 Å². The first kappa shape index (κ1) is 18.8. The van der Waals surface area contributed by atoms with E-state index in [4.69, 9.17) is 21.7 Å². The van der Waals surface area contributed by atoms with Gasteiger partial charge in [0.15, 0.2) is 16.7 Å². The van der Waals surface area contributed by atoms with E-state index in [-0.39, 0.29) is 5.97 Å². The maximum Gasteiger partial charge on any atom is 0.364 e.